The Kier molecular flexibility index (Phi) is 7.19. The third-order valence-corrected chi connectivity index (χ3v) is 5.75. The number of hydrogen-bond acceptors (Lipinski definition) is 5. The number of nitrogens with two attached hydrogens (primary N) is 1. The van der Waals surface area contributed by atoms with Gasteiger partial charge in [-0.3, -0.25) is 9.10 Å². The number of primary amides is 1. The van der Waals surface area contributed by atoms with Crippen molar-refractivity contribution in [3.63, 3.8) is 0 Å². The van der Waals surface area contributed by atoms with Crippen molar-refractivity contribution >= 4 is 39.2 Å². The summed E-state index contributed by atoms with van der Waals surface area (Å²) < 4.78 is 32.3. The molecule has 0 aliphatic heterocycles. The van der Waals surface area contributed by atoms with Crippen molar-refractivity contribution in [3.8, 4) is 0 Å². The number of benzene rings is 2. The van der Waals surface area contributed by atoms with E-state index in [1.54, 1.807) is 24.3 Å². The smallest absolute Gasteiger partial charge is 0.338 e. The van der Waals surface area contributed by atoms with Crippen LogP contribution in [0.15, 0.2) is 66.1 Å². The topological polar surface area (TPSA) is 107 Å². The van der Waals surface area contributed by atoms with Crippen LogP contribution < -0.4 is 10.0 Å². The van der Waals surface area contributed by atoms with Gasteiger partial charge in [0.1, 0.15) is 6.61 Å². The lowest BCUT2D eigenvalue weighted by Crippen LogP contribution is -2.31. The summed E-state index contributed by atoms with van der Waals surface area (Å²) in [5, 5.41) is 0.259. The lowest BCUT2D eigenvalue weighted by molar-refractivity contribution is -0.118. The number of para-hydroxylation sites is 1. The maximum absolute atomic E-state index is 13.2. The van der Waals surface area contributed by atoms with E-state index in [4.69, 9.17) is 22.1 Å². The zero-order valence-corrected chi connectivity index (χ0v) is 16.4. The lowest BCUT2D eigenvalue weighted by Gasteiger charge is -2.24. The Morgan fingerprint density at radius 3 is 2.54 bits per heavy atom. The standard InChI is InChI=1S/C19H19ClN2O5S/c1-2-11-22(17-9-4-3-8-16(17)20)28(25,26)15-7-5-6-14(13-15)19(24)27-12-10-18(21)23/h2-9,13H,1,10-12H2,(H2,21,23). The zero-order chi connectivity index (χ0) is 20.7. The van der Waals surface area contributed by atoms with Crippen molar-refractivity contribution in [1.82, 2.24) is 0 Å². The van der Waals surface area contributed by atoms with E-state index < -0.39 is 21.9 Å². The van der Waals surface area contributed by atoms with E-state index in [0.717, 1.165) is 4.31 Å². The first-order valence-corrected chi connectivity index (χ1v) is 10.0. The lowest BCUT2D eigenvalue weighted by atomic mass is 10.2. The predicted molar refractivity (Wildman–Crippen MR) is 107 cm³/mol. The van der Waals surface area contributed by atoms with Gasteiger partial charge in [-0.2, -0.15) is 0 Å². The summed E-state index contributed by atoms with van der Waals surface area (Å²) in [6.07, 6.45) is 1.31. The molecule has 2 rings (SSSR count). The van der Waals surface area contributed by atoms with Gasteiger partial charge in [-0.25, -0.2) is 13.2 Å². The fourth-order valence-electron chi connectivity index (χ4n) is 2.34. The molecular formula is C19H19ClN2O5S. The van der Waals surface area contributed by atoms with E-state index >= 15 is 0 Å². The minimum Gasteiger partial charge on any atom is -0.462 e. The molecule has 0 saturated carbocycles. The maximum Gasteiger partial charge on any atom is 0.338 e. The average Bonchev–Trinajstić information content (AvgIpc) is 2.66. The number of amides is 1. The summed E-state index contributed by atoms with van der Waals surface area (Å²) in [5.41, 5.74) is 5.31. The second-order valence-electron chi connectivity index (χ2n) is 5.66. The first-order valence-electron chi connectivity index (χ1n) is 8.21. The molecule has 0 heterocycles. The average molecular weight is 423 g/mol. The van der Waals surface area contributed by atoms with Gasteiger partial charge in [0.15, 0.2) is 0 Å². The summed E-state index contributed by atoms with van der Waals surface area (Å²) >= 11 is 6.16. The number of anilines is 1. The number of carbonyl (C=O) groups excluding carboxylic acids is 2. The van der Waals surface area contributed by atoms with Crippen molar-refractivity contribution < 1.29 is 22.7 Å². The minimum absolute atomic E-state index is 0.0145. The van der Waals surface area contributed by atoms with Crippen LogP contribution in [0.2, 0.25) is 5.02 Å². The summed E-state index contributed by atoms with van der Waals surface area (Å²) in [6, 6.07) is 11.9. The Morgan fingerprint density at radius 1 is 1.18 bits per heavy atom. The Morgan fingerprint density at radius 2 is 1.89 bits per heavy atom. The van der Waals surface area contributed by atoms with Gasteiger partial charge in [-0.1, -0.05) is 35.9 Å². The molecule has 0 saturated heterocycles. The van der Waals surface area contributed by atoms with E-state index in [0.29, 0.717) is 5.69 Å². The normalized spacial score (nSPS) is 10.9. The Bertz CT molecular complexity index is 991. The first-order chi connectivity index (χ1) is 13.3. The van der Waals surface area contributed by atoms with Crippen molar-refractivity contribution in [2.75, 3.05) is 17.5 Å². The molecule has 7 nitrogen and oxygen atoms in total. The summed E-state index contributed by atoms with van der Waals surface area (Å²) in [7, 11) is -4.03. The SMILES string of the molecule is C=CCN(c1ccccc1Cl)S(=O)(=O)c1cccc(C(=O)OCCC(N)=O)c1. The van der Waals surface area contributed by atoms with Gasteiger partial charge >= 0.3 is 5.97 Å². The number of carbonyl (C=O) groups is 2. The highest BCUT2D eigenvalue weighted by Crippen LogP contribution is 2.30. The maximum atomic E-state index is 13.2. The van der Waals surface area contributed by atoms with E-state index in [2.05, 4.69) is 6.58 Å². The van der Waals surface area contributed by atoms with E-state index in [1.165, 1.54) is 30.3 Å². The molecule has 0 aliphatic carbocycles. The molecule has 0 aromatic heterocycles. The molecule has 1 amide bonds. The number of halogens is 1. The third-order valence-electron chi connectivity index (χ3n) is 3.66. The molecule has 148 valence electrons. The molecule has 2 aromatic rings. The largest absolute Gasteiger partial charge is 0.462 e. The van der Waals surface area contributed by atoms with Crippen molar-refractivity contribution in [2.45, 2.75) is 11.3 Å². The first kappa shape index (κ1) is 21.5. The van der Waals surface area contributed by atoms with Gasteiger partial charge in [0.25, 0.3) is 10.0 Å². The van der Waals surface area contributed by atoms with Crippen LogP contribution in [0.4, 0.5) is 5.69 Å². The van der Waals surface area contributed by atoms with Gasteiger partial charge in [-0.15, -0.1) is 6.58 Å². The molecule has 2 aromatic carbocycles. The number of sulfonamides is 1. The van der Waals surface area contributed by atoms with Crippen LogP contribution in [0.1, 0.15) is 16.8 Å². The molecule has 0 spiro atoms. The molecule has 0 aliphatic rings. The second-order valence-corrected chi connectivity index (χ2v) is 7.93. The fraction of sp³-hybridized carbons (Fsp3) is 0.158. The van der Waals surface area contributed by atoms with Gasteiger partial charge < -0.3 is 10.5 Å². The molecule has 0 radical (unpaired) electrons. The van der Waals surface area contributed by atoms with Crippen LogP contribution in [0.5, 0.6) is 0 Å². The highest BCUT2D eigenvalue weighted by atomic mass is 35.5. The van der Waals surface area contributed by atoms with Crippen molar-refractivity contribution in [1.29, 1.82) is 0 Å². The zero-order valence-electron chi connectivity index (χ0n) is 14.9. The highest BCUT2D eigenvalue weighted by molar-refractivity contribution is 7.92. The van der Waals surface area contributed by atoms with Crippen LogP contribution in [0.3, 0.4) is 0 Å². The number of nitrogens with zero attached hydrogens (tertiary/aromatic N) is 1. The van der Waals surface area contributed by atoms with E-state index in [9.17, 15) is 18.0 Å². The molecule has 9 heteroatoms. The number of ether oxygens (including phenoxy) is 1. The molecule has 0 bridgehead atoms. The minimum atomic E-state index is -4.03. The van der Waals surface area contributed by atoms with Gasteiger partial charge in [0, 0.05) is 0 Å². The summed E-state index contributed by atoms with van der Waals surface area (Å²) in [6.45, 7) is 3.39. The number of esters is 1. The van der Waals surface area contributed by atoms with Crippen LogP contribution in [0.25, 0.3) is 0 Å². The van der Waals surface area contributed by atoms with Crippen LogP contribution in [-0.4, -0.2) is 33.4 Å². The molecule has 0 unspecified atom stereocenters. The Hall–Kier alpha value is -2.84. The highest BCUT2D eigenvalue weighted by Gasteiger charge is 2.26. The van der Waals surface area contributed by atoms with Crippen LogP contribution >= 0.6 is 11.6 Å². The summed E-state index contributed by atoms with van der Waals surface area (Å²) in [4.78, 5) is 22.7. The third kappa shape index (κ3) is 5.11. The van der Waals surface area contributed by atoms with Gasteiger partial charge in [0.05, 0.1) is 34.1 Å². The molecule has 28 heavy (non-hydrogen) atoms. The molecule has 2 N–H and O–H groups in total. The van der Waals surface area contributed by atoms with Crippen LogP contribution in [-0.2, 0) is 19.6 Å². The quantitative estimate of drug-likeness (QED) is 0.494. The van der Waals surface area contributed by atoms with Gasteiger partial charge in [0.2, 0.25) is 5.91 Å². The second kappa shape index (κ2) is 9.38. The Labute approximate surface area is 168 Å². The fourth-order valence-corrected chi connectivity index (χ4v) is 4.12. The molecular weight excluding hydrogens is 404 g/mol. The van der Waals surface area contributed by atoms with Crippen molar-refractivity contribution in [3.05, 3.63) is 71.8 Å². The van der Waals surface area contributed by atoms with Crippen molar-refractivity contribution in [2.24, 2.45) is 5.73 Å². The predicted octanol–water partition coefficient (Wildman–Crippen LogP) is 2.75. The summed E-state index contributed by atoms with van der Waals surface area (Å²) in [5.74, 6) is -1.37. The number of rotatable bonds is 9. The molecule has 0 atom stereocenters. The van der Waals surface area contributed by atoms with E-state index in [-0.39, 0.29) is 35.1 Å². The monoisotopic (exact) mass is 422 g/mol. The Balaban J connectivity index is 2.36. The van der Waals surface area contributed by atoms with E-state index in [1.807, 2.05) is 0 Å². The van der Waals surface area contributed by atoms with Crippen LogP contribution in [0, 0.1) is 0 Å². The number of hydrogen-bond donors (Lipinski definition) is 1. The molecule has 0 fully saturated rings. The van der Waals surface area contributed by atoms with Gasteiger partial charge in [-0.05, 0) is 30.3 Å².